The van der Waals surface area contributed by atoms with E-state index in [1.807, 2.05) is 0 Å². The van der Waals surface area contributed by atoms with Crippen LogP contribution in [-0.2, 0) is 18.8 Å². The molecule has 0 radical (unpaired) electrons. The zero-order valence-electron chi connectivity index (χ0n) is 12.9. The molecule has 1 aliphatic rings. The molecule has 1 N–H and O–H groups in total. The molecule has 0 aliphatic carbocycles. The Kier molecular flexibility index (Phi) is 4.16. The molecule has 23 heavy (non-hydrogen) atoms. The van der Waals surface area contributed by atoms with Crippen molar-refractivity contribution in [1.82, 2.24) is 19.7 Å². The summed E-state index contributed by atoms with van der Waals surface area (Å²) in [4.78, 5) is 23.9. The van der Waals surface area contributed by atoms with Crippen molar-refractivity contribution in [2.24, 2.45) is 14.1 Å². The van der Waals surface area contributed by atoms with E-state index in [0.29, 0.717) is 24.5 Å². The minimum absolute atomic E-state index is 0.233. The number of ether oxygens (including phenoxy) is 2. The summed E-state index contributed by atoms with van der Waals surface area (Å²) in [5.74, 6) is 0.300. The van der Waals surface area contributed by atoms with E-state index in [-0.39, 0.29) is 23.6 Å². The van der Waals surface area contributed by atoms with Crippen LogP contribution in [0.25, 0.3) is 0 Å². The van der Waals surface area contributed by atoms with Gasteiger partial charge in [-0.1, -0.05) is 0 Å². The first-order valence-electron chi connectivity index (χ1n) is 7.23. The summed E-state index contributed by atoms with van der Waals surface area (Å²) in [5, 5.41) is 6.89. The number of amides is 1. The monoisotopic (exact) mass is 318 g/mol. The van der Waals surface area contributed by atoms with Gasteiger partial charge in [-0.15, -0.1) is 0 Å². The zero-order valence-corrected chi connectivity index (χ0v) is 12.9. The molecule has 122 valence electrons. The second-order valence-corrected chi connectivity index (χ2v) is 5.49. The first kappa shape index (κ1) is 15.3. The van der Waals surface area contributed by atoms with Crippen molar-refractivity contribution >= 4 is 5.91 Å². The van der Waals surface area contributed by atoms with E-state index in [1.165, 1.54) is 10.6 Å². The Bertz CT molecular complexity index is 767. The van der Waals surface area contributed by atoms with Crippen molar-refractivity contribution in [3.63, 3.8) is 0 Å². The molecule has 2 aromatic rings. The van der Waals surface area contributed by atoms with Crippen LogP contribution in [0.4, 0.5) is 0 Å². The Morgan fingerprint density at radius 1 is 1.43 bits per heavy atom. The van der Waals surface area contributed by atoms with E-state index in [1.54, 1.807) is 43.4 Å². The van der Waals surface area contributed by atoms with Crippen molar-refractivity contribution in [3.05, 3.63) is 46.6 Å². The molecule has 0 aromatic carbocycles. The Balaban J connectivity index is 1.67. The van der Waals surface area contributed by atoms with Gasteiger partial charge in [0.05, 0.1) is 31.6 Å². The standard InChI is InChI=1S/C15H18N4O4/c1-18-4-3-10(5-14(18)20)15(21)17-12-8-22-9-13(12)23-11-6-16-19(2)7-11/h3-7,12-13H,8-9H2,1-2H3,(H,17,21)/t12-,13+/m0/s1. The second-order valence-electron chi connectivity index (χ2n) is 5.49. The summed E-state index contributed by atoms with van der Waals surface area (Å²) in [7, 11) is 3.43. The van der Waals surface area contributed by atoms with Crippen LogP contribution < -0.4 is 15.6 Å². The quantitative estimate of drug-likeness (QED) is 0.836. The number of carbonyl (C=O) groups is 1. The van der Waals surface area contributed by atoms with Gasteiger partial charge in [0.1, 0.15) is 6.10 Å². The number of aryl methyl sites for hydroxylation is 2. The predicted octanol–water partition coefficient (Wildman–Crippen LogP) is -0.305. The Hall–Kier alpha value is -2.61. The van der Waals surface area contributed by atoms with Gasteiger partial charge in [-0.2, -0.15) is 5.10 Å². The van der Waals surface area contributed by atoms with E-state index < -0.39 is 0 Å². The zero-order chi connectivity index (χ0) is 16.4. The fourth-order valence-electron chi connectivity index (χ4n) is 2.36. The molecule has 1 aliphatic heterocycles. The maximum Gasteiger partial charge on any atom is 0.251 e. The highest BCUT2D eigenvalue weighted by Crippen LogP contribution is 2.16. The maximum atomic E-state index is 12.3. The number of pyridine rings is 1. The Morgan fingerprint density at radius 2 is 2.26 bits per heavy atom. The summed E-state index contributed by atoms with van der Waals surface area (Å²) in [6, 6.07) is 2.62. The van der Waals surface area contributed by atoms with E-state index >= 15 is 0 Å². The lowest BCUT2D eigenvalue weighted by molar-refractivity contribution is 0.0904. The molecule has 8 nitrogen and oxygen atoms in total. The van der Waals surface area contributed by atoms with E-state index in [0.717, 1.165) is 0 Å². The van der Waals surface area contributed by atoms with E-state index in [2.05, 4.69) is 10.4 Å². The van der Waals surface area contributed by atoms with Crippen molar-refractivity contribution in [1.29, 1.82) is 0 Å². The van der Waals surface area contributed by atoms with Gasteiger partial charge in [0.25, 0.3) is 11.5 Å². The highest BCUT2D eigenvalue weighted by atomic mass is 16.5. The fourth-order valence-corrected chi connectivity index (χ4v) is 2.36. The summed E-state index contributed by atoms with van der Waals surface area (Å²) >= 11 is 0. The average Bonchev–Trinajstić information content (AvgIpc) is 3.12. The Labute approximate surface area is 132 Å². The molecule has 1 amide bonds. The van der Waals surface area contributed by atoms with Gasteiger partial charge in [-0.3, -0.25) is 14.3 Å². The number of hydrogen-bond donors (Lipinski definition) is 1. The van der Waals surface area contributed by atoms with Crippen LogP contribution in [0.3, 0.4) is 0 Å². The maximum absolute atomic E-state index is 12.3. The first-order valence-corrected chi connectivity index (χ1v) is 7.23. The second kappa shape index (κ2) is 6.25. The molecule has 0 bridgehead atoms. The van der Waals surface area contributed by atoms with Gasteiger partial charge in [0.2, 0.25) is 0 Å². The number of rotatable bonds is 4. The minimum Gasteiger partial charge on any atom is -0.482 e. The summed E-state index contributed by atoms with van der Waals surface area (Å²) < 4.78 is 14.2. The highest BCUT2D eigenvalue weighted by Gasteiger charge is 2.32. The lowest BCUT2D eigenvalue weighted by atomic mass is 10.2. The molecule has 1 fully saturated rings. The number of aromatic nitrogens is 3. The number of hydrogen-bond acceptors (Lipinski definition) is 5. The molecule has 8 heteroatoms. The summed E-state index contributed by atoms with van der Waals surface area (Å²) in [6.07, 6.45) is 4.62. The molecule has 0 saturated carbocycles. The van der Waals surface area contributed by atoms with Crippen LogP contribution in [0.5, 0.6) is 5.75 Å². The van der Waals surface area contributed by atoms with Gasteiger partial charge in [-0.25, -0.2) is 0 Å². The molecule has 1 saturated heterocycles. The number of nitrogens with zero attached hydrogens (tertiary/aromatic N) is 3. The summed E-state index contributed by atoms with van der Waals surface area (Å²) in [6.45, 7) is 0.748. The molecular weight excluding hydrogens is 300 g/mol. The van der Waals surface area contributed by atoms with Crippen molar-refractivity contribution < 1.29 is 14.3 Å². The van der Waals surface area contributed by atoms with Gasteiger partial charge < -0.3 is 19.4 Å². The van der Waals surface area contributed by atoms with Crippen LogP contribution in [0, 0.1) is 0 Å². The van der Waals surface area contributed by atoms with Gasteiger partial charge in [0.15, 0.2) is 5.75 Å². The van der Waals surface area contributed by atoms with Crippen LogP contribution >= 0.6 is 0 Å². The summed E-state index contributed by atoms with van der Waals surface area (Å²) in [5.41, 5.74) is 0.0867. The number of nitrogens with one attached hydrogen (secondary N) is 1. The van der Waals surface area contributed by atoms with Gasteiger partial charge in [-0.05, 0) is 6.07 Å². The van der Waals surface area contributed by atoms with Crippen LogP contribution in [0.2, 0.25) is 0 Å². The molecule has 0 unspecified atom stereocenters. The molecule has 2 aromatic heterocycles. The molecule has 2 atom stereocenters. The molecule has 0 spiro atoms. The third kappa shape index (κ3) is 3.42. The first-order chi connectivity index (χ1) is 11.0. The van der Waals surface area contributed by atoms with E-state index in [4.69, 9.17) is 9.47 Å². The normalized spacial score (nSPS) is 20.4. The van der Waals surface area contributed by atoms with Crippen LogP contribution in [0.15, 0.2) is 35.5 Å². The SMILES string of the molecule is Cn1cc(O[C@@H]2COC[C@@H]2NC(=O)c2ccn(C)c(=O)c2)cn1. The van der Waals surface area contributed by atoms with Crippen molar-refractivity contribution in [2.45, 2.75) is 12.1 Å². The molecule has 3 rings (SSSR count). The van der Waals surface area contributed by atoms with Gasteiger partial charge in [0, 0.05) is 31.9 Å². The van der Waals surface area contributed by atoms with Crippen molar-refractivity contribution in [3.8, 4) is 5.75 Å². The number of carbonyl (C=O) groups excluding carboxylic acids is 1. The van der Waals surface area contributed by atoms with Crippen LogP contribution in [-0.4, -0.2) is 45.6 Å². The Morgan fingerprint density at radius 3 is 2.96 bits per heavy atom. The smallest absolute Gasteiger partial charge is 0.251 e. The topological polar surface area (TPSA) is 87.4 Å². The lowest BCUT2D eigenvalue weighted by Gasteiger charge is -2.19. The highest BCUT2D eigenvalue weighted by molar-refractivity contribution is 5.94. The molecule has 3 heterocycles. The van der Waals surface area contributed by atoms with Crippen LogP contribution in [0.1, 0.15) is 10.4 Å². The average molecular weight is 318 g/mol. The lowest BCUT2D eigenvalue weighted by Crippen LogP contribution is -2.45. The third-order valence-electron chi connectivity index (χ3n) is 3.68. The predicted molar refractivity (Wildman–Crippen MR) is 81.4 cm³/mol. The van der Waals surface area contributed by atoms with Crippen molar-refractivity contribution in [2.75, 3.05) is 13.2 Å². The molecular formula is C15H18N4O4. The third-order valence-corrected chi connectivity index (χ3v) is 3.68. The van der Waals surface area contributed by atoms with Gasteiger partial charge >= 0.3 is 0 Å². The largest absolute Gasteiger partial charge is 0.482 e. The minimum atomic E-state index is -0.321. The fraction of sp³-hybridized carbons (Fsp3) is 0.400. The van der Waals surface area contributed by atoms with E-state index in [9.17, 15) is 9.59 Å².